The Morgan fingerprint density at radius 1 is 1.35 bits per heavy atom. The van der Waals surface area contributed by atoms with Gasteiger partial charge in [-0.2, -0.15) is 5.10 Å². The van der Waals surface area contributed by atoms with E-state index in [1.165, 1.54) is 23.9 Å². The monoisotopic (exact) mass is 234 g/mol. The minimum atomic E-state index is -1.11. The highest BCUT2D eigenvalue weighted by molar-refractivity contribution is 5.87. The molecule has 3 N–H and O–H groups in total. The SMILES string of the molecule is Cn1nc(-c2cccc(O)c2O)cc1C(=O)O. The van der Waals surface area contributed by atoms with E-state index < -0.39 is 5.97 Å². The minimum Gasteiger partial charge on any atom is -0.504 e. The van der Waals surface area contributed by atoms with Crippen molar-refractivity contribution in [3.8, 4) is 22.8 Å². The Balaban J connectivity index is 2.58. The summed E-state index contributed by atoms with van der Waals surface area (Å²) in [6, 6.07) is 5.75. The van der Waals surface area contributed by atoms with Gasteiger partial charge < -0.3 is 15.3 Å². The van der Waals surface area contributed by atoms with Crippen molar-refractivity contribution < 1.29 is 20.1 Å². The molecule has 0 bridgehead atoms. The molecule has 0 atom stereocenters. The van der Waals surface area contributed by atoms with Crippen molar-refractivity contribution in [1.82, 2.24) is 9.78 Å². The predicted molar refractivity (Wildman–Crippen MR) is 58.9 cm³/mol. The number of hydrogen-bond donors (Lipinski definition) is 3. The number of hydrogen-bond acceptors (Lipinski definition) is 4. The standard InChI is InChI=1S/C11H10N2O4/c1-13-8(11(16)17)5-7(12-13)6-3-2-4-9(14)10(6)15/h2-5,14-15H,1H3,(H,16,17). The second kappa shape index (κ2) is 3.82. The van der Waals surface area contributed by atoms with E-state index in [0.717, 1.165) is 0 Å². The molecule has 0 spiro atoms. The number of benzene rings is 1. The Morgan fingerprint density at radius 2 is 2.06 bits per heavy atom. The zero-order chi connectivity index (χ0) is 12.6. The van der Waals surface area contributed by atoms with E-state index >= 15 is 0 Å². The van der Waals surface area contributed by atoms with Crippen LogP contribution in [0.5, 0.6) is 11.5 Å². The Kier molecular flexibility index (Phi) is 2.47. The van der Waals surface area contributed by atoms with Crippen molar-refractivity contribution in [3.05, 3.63) is 30.0 Å². The molecular formula is C11H10N2O4. The van der Waals surface area contributed by atoms with E-state index in [9.17, 15) is 15.0 Å². The lowest BCUT2D eigenvalue weighted by Gasteiger charge is -2.02. The first-order valence-corrected chi connectivity index (χ1v) is 4.79. The van der Waals surface area contributed by atoms with Crippen molar-refractivity contribution in [2.24, 2.45) is 7.05 Å². The van der Waals surface area contributed by atoms with Gasteiger partial charge in [-0.15, -0.1) is 0 Å². The lowest BCUT2D eigenvalue weighted by Crippen LogP contribution is -2.04. The maximum Gasteiger partial charge on any atom is 0.354 e. The van der Waals surface area contributed by atoms with Gasteiger partial charge in [0.1, 0.15) is 5.69 Å². The second-order valence-corrected chi connectivity index (χ2v) is 3.52. The molecule has 0 aliphatic heterocycles. The Bertz CT molecular complexity index is 589. The highest BCUT2D eigenvalue weighted by Crippen LogP contribution is 2.35. The Morgan fingerprint density at radius 3 is 2.65 bits per heavy atom. The topological polar surface area (TPSA) is 95.6 Å². The quantitative estimate of drug-likeness (QED) is 0.678. The normalized spacial score (nSPS) is 10.4. The molecular weight excluding hydrogens is 224 g/mol. The Labute approximate surface area is 96.4 Å². The third kappa shape index (κ3) is 1.80. The summed E-state index contributed by atoms with van der Waals surface area (Å²) in [5.41, 5.74) is 0.578. The number of rotatable bonds is 2. The van der Waals surface area contributed by atoms with E-state index in [1.54, 1.807) is 12.1 Å². The number of phenols is 2. The van der Waals surface area contributed by atoms with E-state index in [0.29, 0.717) is 5.69 Å². The molecule has 0 unspecified atom stereocenters. The van der Waals surface area contributed by atoms with Crippen LogP contribution in [-0.2, 0) is 7.05 Å². The van der Waals surface area contributed by atoms with Gasteiger partial charge in [-0.25, -0.2) is 4.79 Å². The molecule has 2 rings (SSSR count). The smallest absolute Gasteiger partial charge is 0.354 e. The summed E-state index contributed by atoms with van der Waals surface area (Å²) in [7, 11) is 1.49. The predicted octanol–water partition coefficient (Wildman–Crippen LogP) is 1.20. The fourth-order valence-corrected chi connectivity index (χ4v) is 1.54. The van der Waals surface area contributed by atoms with Crippen LogP contribution in [0.2, 0.25) is 0 Å². The molecule has 1 aromatic heterocycles. The molecule has 0 saturated carbocycles. The fraction of sp³-hybridized carbons (Fsp3) is 0.0909. The summed E-state index contributed by atoms with van der Waals surface area (Å²) < 4.78 is 1.20. The van der Waals surface area contributed by atoms with Crippen LogP contribution in [0.25, 0.3) is 11.3 Å². The van der Waals surface area contributed by atoms with Crippen LogP contribution in [0, 0.1) is 0 Å². The maximum absolute atomic E-state index is 10.8. The van der Waals surface area contributed by atoms with Crippen LogP contribution in [0.3, 0.4) is 0 Å². The van der Waals surface area contributed by atoms with E-state index in [4.69, 9.17) is 5.11 Å². The zero-order valence-corrected chi connectivity index (χ0v) is 8.95. The molecule has 1 heterocycles. The first kappa shape index (κ1) is 11.0. The molecule has 0 fully saturated rings. The number of aromatic hydroxyl groups is 2. The van der Waals surface area contributed by atoms with E-state index in [1.807, 2.05) is 0 Å². The summed E-state index contributed by atoms with van der Waals surface area (Å²) in [6.07, 6.45) is 0. The molecule has 0 radical (unpaired) electrons. The molecule has 0 amide bonds. The summed E-state index contributed by atoms with van der Waals surface area (Å²) in [5, 5.41) is 31.8. The maximum atomic E-state index is 10.8. The first-order valence-electron chi connectivity index (χ1n) is 4.79. The van der Waals surface area contributed by atoms with Gasteiger partial charge in [-0.05, 0) is 18.2 Å². The molecule has 0 aliphatic rings. The van der Waals surface area contributed by atoms with Crippen molar-refractivity contribution >= 4 is 5.97 Å². The van der Waals surface area contributed by atoms with Gasteiger partial charge in [-0.3, -0.25) is 4.68 Å². The third-order valence-electron chi connectivity index (χ3n) is 2.39. The number of nitrogens with zero attached hydrogens (tertiary/aromatic N) is 2. The van der Waals surface area contributed by atoms with Gasteiger partial charge in [0.15, 0.2) is 11.5 Å². The van der Waals surface area contributed by atoms with Crippen LogP contribution in [0.15, 0.2) is 24.3 Å². The van der Waals surface area contributed by atoms with Gasteiger partial charge in [0, 0.05) is 12.6 Å². The fourth-order valence-electron chi connectivity index (χ4n) is 1.54. The van der Waals surface area contributed by atoms with E-state index in [2.05, 4.69) is 5.10 Å². The van der Waals surface area contributed by atoms with Crippen LogP contribution in [0.4, 0.5) is 0 Å². The number of carboxylic acid groups (broad SMARTS) is 1. The number of aromatic carboxylic acids is 1. The Hall–Kier alpha value is -2.50. The number of carboxylic acids is 1. The van der Waals surface area contributed by atoms with Crippen molar-refractivity contribution in [1.29, 1.82) is 0 Å². The van der Waals surface area contributed by atoms with Gasteiger partial charge in [0.25, 0.3) is 0 Å². The van der Waals surface area contributed by atoms with Gasteiger partial charge in [0.05, 0.1) is 5.69 Å². The first-order chi connectivity index (χ1) is 8.00. The molecule has 6 heteroatoms. The molecule has 6 nitrogen and oxygen atoms in total. The highest BCUT2D eigenvalue weighted by Gasteiger charge is 2.16. The van der Waals surface area contributed by atoms with Crippen molar-refractivity contribution in [2.75, 3.05) is 0 Å². The van der Waals surface area contributed by atoms with Crippen molar-refractivity contribution in [2.45, 2.75) is 0 Å². The molecule has 0 saturated heterocycles. The highest BCUT2D eigenvalue weighted by atomic mass is 16.4. The van der Waals surface area contributed by atoms with Crippen LogP contribution < -0.4 is 0 Å². The summed E-state index contributed by atoms with van der Waals surface area (Å²) in [4.78, 5) is 10.8. The van der Waals surface area contributed by atoms with Gasteiger partial charge in [0.2, 0.25) is 0 Å². The zero-order valence-electron chi connectivity index (χ0n) is 8.95. The molecule has 2 aromatic rings. The van der Waals surface area contributed by atoms with Crippen LogP contribution in [0.1, 0.15) is 10.5 Å². The largest absolute Gasteiger partial charge is 0.504 e. The molecule has 0 aliphatic carbocycles. The molecule has 17 heavy (non-hydrogen) atoms. The lowest BCUT2D eigenvalue weighted by atomic mass is 10.1. The average Bonchev–Trinajstić information content (AvgIpc) is 2.64. The summed E-state index contributed by atoms with van der Waals surface area (Å²) in [6.45, 7) is 0. The third-order valence-corrected chi connectivity index (χ3v) is 2.39. The number of aryl methyl sites for hydroxylation is 1. The van der Waals surface area contributed by atoms with Crippen LogP contribution >= 0.6 is 0 Å². The number of aromatic nitrogens is 2. The van der Waals surface area contributed by atoms with Gasteiger partial charge >= 0.3 is 5.97 Å². The number of para-hydroxylation sites is 1. The summed E-state index contributed by atoms with van der Waals surface area (Å²) in [5.74, 6) is -1.70. The number of carbonyl (C=O) groups is 1. The molecule has 1 aromatic carbocycles. The van der Waals surface area contributed by atoms with Crippen molar-refractivity contribution in [3.63, 3.8) is 0 Å². The second-order valence-electron chi connectivity index (χ2n) is 3.52. The van der Waals surface area contributed by atoms with E-state index in [-0.39, 0.29) is 22.8 Å². The summed E-state index contributed by atoms with van der Waals surface area (Å²) >= 11 is 0. The van der Waals surface area contributed by atoms with Gasteiger partial charge in [-0.1, -0.05) is 6.07 Å². The number of phenolic OH excluding ortho intramolecular Hbond substituents is 2. The van der Waals surface area contributed by atoms with Crippen LogP contribution in [-0.4, -0.2) is 31.1 Å². The average molecular weight is 234 g/mol. The minimum absolute atomic E-state index is 0.00254. The lowest BCUT2D eigenvalue weighted by molar-refractivity contribution is 0.0685. The molecule has 88 valence electrons.